The zero-order chi connectivity index (χ0) is 21.1. The smallest absolute Gasteiger partial charge is 0.338 e. The van der Waals surface area contributed by atoms with Gasteiger partial charge in [-0.05, 0) is 30.3 Å². The lowest BCUT2D eigenvalue weighted by Crippen LogP contribution is -2.21. The summed E-state index contributed by atoms with van der Waals surface area (Å²) >= 11 is 5.58. The number of amides is 1. The number of rotatable bonds is 6. The maximum absolute atomic E-state index is 13.1. The molecule has 2 rings (SSSR count). The van der Waals surface area contributed by atoms with Crippen LogP contribution in [-0.4, -0.2) is 38.1 Å². The number of carbonyl (C=O) groups is 2. The van der Waals surface area contributed by atoms with E-state index in [9.17, 15) is 32.5 Å². The van der Waals surface area contributed by atoms with Crippen LogP contribution in [0.3, 0.4) is 0 Å². The summed E-state index contributed by atoms with van der Waals surface area (Å²) in [5, 5.41) is 13.2. The molecule has 0 saturated carbocycles. The molecule has 2 aromatic rings. The summed E-state index contributed by atoms with van der Waals surface area (Å²) in [5.41, 5.74) is -0.931. The summed E-state index contributed by atoms with van der Waals surface area (Å²) in [6.45, 7) is -0.741. The van der Waals surface area contributed by atoms with E-state index in [1.165, 1.54) is 6.07 Å². The zero-order valence-electron chi connectivity index (χ0n) is 14.1. The lowest BCUT2D eigenvalue weighted by molar-refractivity contribution is -0.387. The Bertz CT molecular complexity index is 1070. The molecule has 0 aliphatic rings. The van der Waals surface area contributed by atoms with Crippen LogP contribution in [0.5, 0.6) is 0 Å². The number of sulfone groups is 1. The molecule has 0 saturated heterocycles. The first kappa shape index (κ1) is 21.3. The molecule has 0 atom stereocenters. The van der Waals surface area contributed by atoms with E-state index >= 15 is 0 Å². The average Bonchev–Trinajstić information content (AvgIpc) is 2.61. The molecule has 0 radical (unpaired) electrons. The van der Waals surface area contributed by atoms with Gasteiger partial charge in [-0.2, -0.15) is 0 Å². The van der Waals surface area contributed by atoms with Crippen LogP contribution in [0.4, 0.5) is 15.8 Å². The Morgan fingerprint density at radius 2 is 1.93 bits per heavy atom. The third-order valence-corrected chi connectivity index (χ3v) is 4.76. The highest BCUT2D eigenvalue weighted by Crippen LogP contribution is 2.25. The minimum absolute atomic E-state index is 0.167. The first-order chi connectivity index (χ1) is 13.0. The van der Waals surface area contributed by atoms with Gasteiger partial charge in [0, 0.05) is 18.0 Å². The van der Waals surface area contributed by atoms with E-state index in [-0.39, 0.29) is 16.3 Å². The SMILES string of the molecule is CS(=O)(=O)c1ccc(C(=O)OCC(=O)Nc2ccc(F)c(Cl)c2)cc1[N+](=O)[O-]. The van der Waals surface area contributed by atoms with Gasteiger partial charge < -0.3 is 10.1 Å². The number of ether oxygens (including phenoxy) is 1. The van der Waals surface area contributed by atoms with E-state index in [0.717, 1.165) is 36.6 Å². The van der Waals surface area contributed by atoms with Gasteiger partial charge in [0.05, 0.1) is 15.5 Å². The van der Waals surface area contributed by atoms with Crippen molar-refractivity contribution in [3.63, 3.8) is 0 Å². The van der Waals surface area contributed by atoms with Crippen LogP contribution >= 0.6 is 11.6 Å². The average molecular weight is 431 g/mol. The zero-order valence-corrected chi connectivity index (χ0v) is 15.7. The normalized spacial score (nSPS) is 11.0. The molecule has 28 heavy (non-hydrogen) atoms. The number of hydrogen-bond acceptors (Lipinski definition) is 7. The quantitative estimate of drug-likeness (QED) is 0.423. The Morgan fingerprint density at radius 3 is 2.50 bits per heavy atom. The van der Waals surface area contributed by atoms with Gasteiger partial charge in [-0.1, -0.05) is 11.6 Å². The summed E-state index contributed by atoms with van der Waals surface area (Å²) in [6.07, 6.45) is 0.791. The van der Waals surface area contributed by atoms with Crippen LogP contribution in [0.2, 0.25) is 5.02 Å². The van der Waals surface area contributed by atoms with Gasteiger partial charge in [0.1, 0.15) is 10.7 Å². The Morgan fingerprint density at radius 1 is 1.25 bits per heavy atom. The van der Waals surface area contributed by atoms with Crippen molar-refractivity contribution >= 4 is 44.7 Å². The number of nitro groups is 1. The number of carbonyl (C=O) groups excluding carboxylic acids is 2. The largest absolute Gasteiger partial charge is 0.452 e. The van der Waals surface area contributed by atoms with Crippen LogP contribution in [0.25, 0.3) is 0 Å². The predicted octanol–water partition coefficient (Wildman–Crippen LogP) is 2.59. The molecular formula is C16H12ClFN2O7S. The number of nitro benzene ring substituents is 1. The van der Waals surface area contributed by atoms with Crippen molar-refractivity contribution in [2.45, 2.75) is 4.90 Å². The van der Waals surface area contributed by atoms with Crippen molar-refractivity contribution in [2.75, 3.05) is 18.2 Å². The van der Waals surface area contributed by atoms with Crippen LogP contribution in [0.15, 0.2) is 41.3 Å². The predicted molar refractivity (Wildman–Crippen MR) is 96.5 cm³/mol. The van der Waals surface area contributed by atoms with Gasteiger partial charge in [-0.25, -0.2) is 17.6 Å². The van der Waals surface area contributed by atoms with Gasteiger partial charge in [0.2, 0.25) is 0 Å². The molecule has 0 bridgehead atoms. The fourth-order valence-corrected chi connectivity index (χ4v) is 3.10. The lowest BCUT2D eigenvalue weighted by Gasteiger charge is -2.08. The molecule has 0 heterocycles. The first-order valence-electron chi connectivity index (χ1n) is 7.39. The standard InChI is InChI=1S/C16H12ClFN2O7S/c1-28(25,26)14-5-2-9(6-13(14)20(23)24)16(22)27-8-15(21)19-10-3-4-12(18)11(17)7-10/h2-7H,8H2,1H3,(H,19,21). The summed E-state index contributed by atoms with van der Waals surface area (Å²) in [5.74, 6) is -2.51. The molecule has 0 aromatic heterocycles. The van der Waals surface area contributed by atoms with E-state index in [2.05, 4.69) is 5.32 Å². The van der Waals surface area contributed by atoms with Gasteiger partial charge >= 0.3 is 5.97 Å². The molecule has 12 heteroatoms. The third-order valence-electron chi connectivity index (χ3n) is 3.33. The molecule has 148 valence electrons. The first-order valence-corrected chi connectivity index (χ1v) is 9.66. The van der Waals surface area contributed by atoms with Crippen LogP contribution in [-0.2, 0) is 19.4 Å². The van der Waals surface area contributed by atoms with E-state index in [1.807, 2.05) is 0 Å². The lowest BCUT2D eigenvalue weighted by atomic mass is 10.2. The summed E-state index contributed by atoms with van der Waals surface area (Å²) in [7, 11) is -3.88. The van der Waals surface area contributed by atoms with Crippen molar-refractivity contribution in [1.82, 2.24) is 0 Å². The summed E-state index contributed by atoms with van der Waals surface area (Å²) < 4.78 is 40.9. The van der Waals surface area contributed by atoms with Gasteiger partial charge in [0.15, 0.2) is 16.4 Å². The molecule has 0 unspecified atom stereocenters. The highest BCUT2D eigenvalue weighted by atomic mass is 35.5. The van der Waals surface area contributed by atoms with Crippen LogP contribution in [0.1, 0.15) is 10.4 Å². The summed E-state index contributed by atoms with van der Waals surface area (Å²) in [6, 6.07) is 6.12. The molecule has 2 aromatic carbocycles. The number of anilines is 1. The molecule has 1 amide bonds. The van der Waals surface area contributed by atoms with E-state index in [0.29, 0.717) is 0 Å². The number of halogens is 2. The maximum Gasteiger partial charge on any atom is 0.338 e. The molecule has 0 aliphatic carbocycles. The second-order valence-corrected chi connectivity index (χ2v) is 7.86. The van der Waals surface area contributed by atoms with Gasteiger partial charge in [-0.3, -0.25) is 14.9 Å². The van der Waals surface area contributed by atoms with Crippen molar-refractivity contribution < 1.29 is 32.1 Å². The number of benzene rings is 2. The summed E-state index contributed by atoms with van der Waals surface area (Å²) in [4.78, 5) is 33.3. The monoisotopic (exact) mass is 430 g/mol. The number of nitrogens with one attached hydrogen (secondary N) is 1. The molecule has 0 aliphatic heterocycles. The number of hydrogen-bond donors (Lipinski definition) is 1. The minimum atomic E-state index is -3.88. The van der Waals surface area contributed by atoms with E-state index in [4.69, 9.17) is 16.3 Å². The molecule has 0 spiro atoms. The minimum Gasteiger partial charge on any atom is -0.452 e. The highest BCUT2D eigenvalue weighted by Gasteiger charge is 2.24. The third kappa shape index (κ3) is 5.24. The van der Waals surface area contributed by atoms with E-state index in [1.54, 1.807) is 0 Å². The molecule has 0 fully saturated rings. The van der Waals surface area contributed by atoms with Crippen molar-refractivity contribution in [3.05, 3.63) is 62.9 Å². The van der Waals surface area contributed by atoms with Crippen LogP contribution < -0.4 is 5.32 Å². The Balaban J connectivity index is 2.08. The van der Waals surface area contributed by atoms with Gasteiger partial charge in [-0.15, -0.1) is 0 Å². The Hall–Kier alpha value is -3.05. The second kappa shape index (κ2) is 8.31. The molecular weight excluding hydrogens is 419 g/mol. The number of nitrogens with zero attached hydrogens (tertiary/aromatic N) is 1. The number of esters is 1. The van der Waals surface area contributed by atoms with Crippen molar-refractivity contribution in [2.24, 2.45) is 0 Å². The molecule has 1 N–H and O–H groups in total. The molecule has 9 nitrogen and oxygen atoms in total. The Kier molecular flexibility index (Phi) is 6.31. The van der Waals surface area contributed by atoms with Gasteiger partial charge in [0.25, 0.3) is 11.6 Å². The second-order valence-electron chi connectivity index (χ2n) is 5.46. The van der Waals surface area contributed by atoms with Crippen molar-refractivity contribution in [1.29, 1.82) is 0 Å². The van der Waals surface area contributed by atoms with E-state index < -0.39 is 49.6 Å². The fourth-order valence-electron chi connectivity index (χ4n) is 2.09. The highest BCUT2D eigenvalue weighted by molar-refractivity contribution is 7.90. The van der Waals surface area contributed by atoms with Crippen molar-refractivity contribution in [3.8, 4) is 0 Å². The maximum atomic E-state index is 13.1. The van der Waals surface area contributed by atoms with Crippen LogP contribution in [0, 0.1) is 15.9 Å². The fraction of sp³-hybridized carbons (Fsp3) is 0.125. The Labute approximate surface area is 163 Å². The topological polar surface area (TPSA) is 133 Å².